The number of nitrogens with zero attached hydrogens (tertiary/aromatic N) is 4. The first-order valence-corrected chi connectivity index (χ1v) is 14.8. The smallest absolute Gasteiger partial charge is 0.160 e. The molecule has 42 heavy (non-hydrogen) atoms. The summed E-state index contributed by atoms with van der Waals surface area (Å²) in [6.07, 6.45) is 1.88. The first kappa shape index (κ1) is 23.3. The molecule has 0 bridgehead atoms. The number of hydrogen-bond acceptors (Lipinski definition) is 4. The molecule has 9 aromatic rings. The van der Waals surface area contributed by atoms with Gasteiger partial charge >= 0.3 is 0 Å². The summed E-state index contributed by atoms with van der Waals surface area (Å²) in [7, 11) is 0. The molecule has 4 nitrogen and oxygen atoms in total. The Morgan fingerprint density at radius 2 is 1.26 bits per heavy atom. The second-order valence-electron chi connectivity index (χ2n) is 10.5. The van der Waals surface area contributed by atoms with E-state index in [9.17, 15) is 0 Å². The number of pyridine rings is 1. The predicted octanol–water partition coefficient (Wildman–Crippen LogP) is 9.82. The van der Waals surface area contributed by atoms with Gasteiger partial charge in [0.1, 0.15) is 4.83 Å². The Balaban J connectivity index is 1.26. The van der Waals surface area contributed by atoms with Crippen molar-refractivity contribution in [1.29, 1.82) is 0 Å². The average molecular weight is 555 g/mol. The fraction of sp³-hybridized carbons (Fsp3) is 0. The number of hydrogen-bond donors (Lipinski definition) is 0. The Labute approximate surface area is 245 Å². The van der Waals surface area contributed by atoms with Gasteiger partial charge in [0.2, 0.25) is 0 Å². The van der Waals surface area contributed by atoms with Crippen LogP contribution in [0.4, 0.5) is 0 Å². The van der Waals surface area contributed by atoms with Crippen molar-refractivity contribution in [3.8, 4) is 28.3 Å². The summed E-state index contributed by atoms with van der Waals surface area (Å²) in [5, 5.41) is 5.99. The van der Waals surface area contributed by atoms with Crippen molar-refractivity contribution in [2.24, 2.45) is 0 Å². The molecule has 0 aliphatic heterocycles. The van der Waals surface area contributed by atoms with E-state index in [0.717, 1.165) is 44.1 Å². The van der Waals surface area contributed by atoms with E-state index in [1.54, 1.807) is 11.3 Å². The van der Waals surface area contributed by atoms with E-state index in [2.05, 4.69) is 113 Å². The van der Waals surface area contributed by atoms with Gasteiger partial charge in [-0.05, 0) is 48.5 Å². The number of para-hydroxylation sites is 2. The van der Waals surface area contributed by atoms with Gasteiger partial charge in [-0.25, -0.2) is 15.0 Å². The average Bonchev–Trinajstić information content (AvgIpc) is 3.61. The number of benzene rings is 5. The van der Waals surface area contributed by atoms with Crippen LogP contribution in [0.15, 0.2) is 134 Å². The molecule has 0 unspecified atom stereocenters. The van der Waals surface area contributed by atoms with Crippen LogP contribution < -0.4 is 0 Å². The molecule has 4 heterocycles. The van der Waals surface area contributed by atoms with E-state index in [0.29, 0.717) is 0 Å². The Bertz CT molecular complexity index is 2460. The van der Waals surface area contributed by atoms with Crippen LogP contribution in [0.2, 0.25) is 0 Å². The summed E-state index contributed by atoms with van der Waals surface area (Å²) >= 11 is 1.76. The first-order valence-electron chi connectivity index (χ1n) is 14.0. The van der Waals surface area contributed by atoms with Gasteiger partial charge in [-0.15, -0.1) is 11.3 Å². The highest BCUT2D eigenvalue weighted by Crippen LogP contribution is 2.42. The highest BCUT2D eigenvalue weighted by Gasteiger charge is 2.18. The maximum Gasteiger partial charge on any atom is 0.160 e. The zero-order valence-electron chi connectivity index (χ0n) is 22.4. The van der Waals surface area contributed by atoms with E-state index in [-0.39, 0.29) is 0 Å². The molecule has 0 atom stereocenters. The molecule has 0 N–H and O–H groups in total. The molecule has 0 radical (unpaired) electrons. The molecule has 0 aliphatic rings. The third-order valence-corrected chi connectivity index (χ3v) is 9.22. The lowest BCUT2D eigenvalue weighted by Gasteiger charge is -2.11. The van der Waals surface area contributed by atoms with Crippen molar-refractivity contribution in [1.82, 2.24) is 19.5 Å². The van der Waals surface area contributed by atoms with Crippen molar-refractivity contribution in [2.75, 3.05) is 0 Å². The normalized spacial score (nSPS) is 11.8. The van der Waals surface area contributed by atoms with Crippen LogP contribution in [0.5, 0.6) is 0 Å². The molecule has 196 valence electrons. The van der Waals surface area contributed by atoms with Gasteiger partial charge in [0.05, 0.1) is 26.9 Å². The minimum atomic E-state index is 0.722. The van der Waals surface area contributed by atoms with Crippen LogP contribution >= 0.6 is 11.3 Å². The van der Waals surface area contributed by atoms with E-state index >= 15 is 0 Å². The van der Waals surface area contributed by atoms with Gasteiger partial charge in [0, 0.05) is 49.9 Å². The molecule has 0 amide bonds. The lowest BCUT2D eigenvalue weighted by atomic mass is 10.1. The molecule has 0 saturated heterocycles. The molecule has 0 aliphatic carbocycles. The monoisotopic (exact) mass is 554 g/mol. The zero-order valence-corrected chi connectivity index (χ0v) is 23.2. The Morgan fingerprint density at radius 1 is 0.524 bits per heavy atom. The summed E-state index contributed by atoms with van der Waals surface area (Å²) in [6, 6.07) is 44.6. The highest BCUT2D eigenvalue weighted by atomic mass is 32.1. The second kappa shape index (κ2) is 9.06. The molecule has 0 saturated carbocycles. The van der Waals surface area contributed by atoms with E-state index in [1.807, 2.05) is 30.5 Å². The van der Waals surface area contributed by atoms with Crippen LogP contribution in [-0.2, 0) is 0 Å². The summed E-state index contributed by atoms with van der Waals surface area (Å²) in [5.41, 5.74) is 7.47. The minimum Gasteiger partial charge on any atom is -0.308 e. The predicted molar refractivity (Wildman–Crippen MR) is 175 cm³/mol. The minimum absolute atomic E-state index is 0.722. The molecule has 4 aromatic heterocycles. The van der Waals surface area contributed by atoms with Crippen molar-refractivity contribution in [3.63, 3.8) is 0 Å². The van der Waals surface area contributed by atoms with Crippen molar-refractivity contribution >= 4 is 64.3 Å². The Hall–Kier alpha value is -5.39. The molecule has 0 spiro atoms. The van der Waals surface area contributed by atoms with Gasteiger partial charge in [0.25, 0.3) is 0 Å². The molecule has 5 aromatic carbocycles. The van der Waals surface area contributed by atoms with Gasteiger partial charge < -0.3 is 4.57 Å². The van der Waals surface area contributed by atoms with Gasteiger partial charge in [-0.1, -0.05) is 78.9 Å². The van der Waals surface area contributed by atoms with E-state index < -0.39 is 0 Å². The molecule has 9 rings (SSSR count). The largest absolute Gasteiger partial charge is 0.308 e. The molecule has 0 fully saturated rings. The first-order chi connectivity index (χ1) is 20.8. The van der Waals surface area contributed by atoms with Crippen molar-refractivity contribution < 1.29 is 0 Å². The lowest BCUT2D eigenvalue weighted by molar-refractivity contribution is 1.18. The summed E-state index contributed by atoms with van der Waals surface area (Å²) in [4.78, 5) is 15.8. The van der Waals surface area contributed by atoms with Crippen LogP contribution in [0, 0.1) is 0 Å². The number of fused-ring (bicyclic) bond motifs is 8. The second-order valence-corrected chi connectivity index (χ2v) is 11.5. The summed E-state index contributed by atoms with van der Waals surface area (Å²) in [5.74, 6) is 0.722. The zero-order chi connectivity index (χ0) is 27.6. The van der Waals surface area contributed by atoms with Gasteiger partial charge in [-0.2, -0.15) is 0 Å². The molecular formula is C37H22N4S. The van der Waals surface area contributed by atoms with E-state index in [1.165, 1.54) is 37.3 Å². The summed E-state index contributed by atoms with van der Waals surface area (Å²) in [6.45, 7) is 0. The molecular weight excluding hydrogens is 533 g/mol. The highest BCUT2D eigenvalue weighted by molar-refractivity contribution is 7.26. The maximum absolute atomic E-state index is 5.08. The maximum atomic E-state index is 5.08. The topological polar surface area (TPSA) is 43.6 Å². The third kappa shape index (κ3) is 3.44. The van der Waals surface area contributed by atoms with Crippen LogP contribution in [0.25, 0.3) is 81.3 Å². The molecule has 5 heteroatoms. The fourth-order valence-electron chi connectivity index (χ4n) is 6.17. The SMILES string of the molecule is c1ccc(-c2nc(-c3ccc(-n4c5ccccc5c5ccc6c7cccnc7sc6c54)cc3)nc3ccccc23)cc1. The number of rotatable bonds is 3. The van der Waals surface area contributed by atoms with Crippen LogP contribution in [-0.4, -0.2) is 19.5 Å². The quantitative estimate of drug-likeness (QED) is 0.218. The van der Waals surface area contributed by atoms with Gasteiger partial charge in [0.15, 0.2) is 5.82 Å². The van der Waals surface area contributed by atoms with Crippen LogP contribution in [0.3, 0.4) is 0 Å². The van der Waals surface area contributed by atoms with Crippen molar-refractivity contribution in [2.45, 2.75) is 0 Å². The van der Waals surface area contributed by atoms with E-state index in [4.69, 9.17) is 9.97 Å². The number of aromatic nitrogens is 4. The Kier molecular flexibility index (Phi) is 5.03. The third-order valence-electron chi connectivity index (χ3n) is 8.08. The fourth-order valence-corrected chi connectivity index (χ4v) is 7.35. The lowest BCUT2D eigenvalue weighted by Crippen LogP contribution is -1.97. The van der Waals surface area contributed by atoms with Gasteiger partial charge in [-0.3, -0.25) is 0 Å². The van der Waals surface area contributed by atoms with Crippen LogP contribution in [0.1, 0.15) is 0 Å². The Morgan fingerprint density at radius 3 is 2.14 bits per heavy atom. The number of thiophene rings is 1. The van der Waals surface area contributed by atoms with Crippen molar-refractivity contribution in [3.05, 3.63) is 134 Å². The standard InChI is InChI=1S/C37H22N4S/c1-2-9-23(10-3-1)33-30-12-4-6-14-31(30)39-36(40-33)24-16-18-25(19-17-24)41-32-15-7-5-11-26(32)27-20-21-28-29-13-8-22-38-37(29)42-35(28)34(27)41/h1-22H. The summed E-state index contributed by atoms with van der Waals surface area (Å²) < 4.78 is 3.65.